The second-order valence-corrected chi connectivity index (χ2v) is 10.9. The van der Waals surface area contributed by atoms with Crippen LogP contribution in [0.2, 0.25) is 0 Å². The fourth-order valence-corrected chi connectivity index (χ4v) is 8.48. The van der Waals surface area contributed by atoms with E-state index in [1.54, 1.807) is 4.80 Å². The fraction of sp³-hybridized carbons (Fsp3) is 0.792. The molecule has 5 rings (SSSR count). The van der Waals surface area contributed by atoms with E-state index in [0.29, 0.717) is 23.8 Å². The van der Waals surface area contributed by atoms with Crippen LogP contribution in [0.4, 0.5) is 0 Å². The van der Waals surface area contributed by atoms with Crippen LogP contribution in [0.25, 0.3) is 0 Å². The van der Waals surface area contributed by atoms with Crippen LogP contribution in [-0.4, -0.2) is 30.9 Å². The van der Waals surface area contributed by atoms with Crippen molar-refractivity contribution in [2.24, 2.45) is 40.9 Å². The molecule has 0 amide bonds. The molecule has 1 heterocycles. The number of aliphatic hydroxyl groups is 1. The summed E-state index contributed by atoms with van der Waals surface area (Å²) in [7, 11) is 0. The third-order valence-electron chi connectivity index (χ3n) is 9.52. The van der Waals surface area contributed by atoms with E-state index in [-0.39, 0.29) is 0 Å². The van der Waals surface area contributed by atoms with Gasteiger partial charge in [-0.15, -0.1) is 10.2 Å². The highest BCUT2D eigenvalue weighted by atomic mass is 35.5. The van der Waals surface area contributed by atoms with E-state index < -0.39 is 5.60 Å². The Balaban J connectivity index is 1.31. The lowest BCUT2D eigenvalue weighted by atomic mass is 9.48. The summed E-state index contributed by atoms with van der Waals surface area (Å²) in [6, 6.07) is 0. The van der Waals surface area contributed by atoms with Crippen LogP contribution >= 0.6 is 11.6 Å². The minimum Gasteiger partial charge on any atom is -0.378 e. The number of hydrogen-bond donors (Lipinski definition) is 1. The van der Waals surface area contributed by atoms with E-state index in [0.717, 1.165) is 42.9 Å². The maximum Gasteiger partial charge on any atom is 0.162 e. The Hall–Kier alpha value is -1.38. The van der Waals surface area contributed by atoms with Crippen molar-refractivity contribution in [1.82, 2.24) is 20.2 Å². The molecule has 4 aliphatic rings. The quantitative estimate of drug-likeness (QED) is 0.571. The van der Waals surface area contributed by atoms with Gasteiger partial charge in [0.15, 0.2) is 6.33 Å². The number of allylic oxidation sites excluding steroid dienone is 1. The minimum atomic E-state index is -0.857. The van der Waals surface area contributed by atoms with Gasteiger partial charge in [0.25, 0.3) is 0 Å². The van der Waals surface area contributed by atoms with Crippen molar-refractivity contribution in [1.29, 1.82) is 0 Å². The molecule has 1 aromatic heterocycles. The Labute approximate surface area is 184 Å². The van der Waals surface area contributed by atoms with E-state index in [9.17, 15) is 5.11 Å². The third-order valence-corrected chi connectivity index (χ3v) is 9.61. The van der Waals surface area contributed by atoms with E-state index in [1.807, 2.05) is 0 Å². The van der Waals surface area contributed by atoms with Gasteiger partial charge < -0.3 is 5.11 Å². The van der Waals surface area contributed by atoms with Crippen LogP contribution in [0, 0.1) is 52.2 Å². The van der Waals surface area contributed by atoms with Gasteiger partial charge in [0, 0.05) is 5.38 Å². The molecule has 4 aliphatic carbocycles. The van der Waals surface area contributed by atoms with Crippen molar-refractivity contribution in [3.05, 3.63) is 18.5 Å². The molecule has 1 aromatic rings. The number of tetrazole rings is 1. The van der Waals surface area contributed by atoms with Gasteiger partial charge in [-0.05, 0) is 116 Å². The maximum absolute atomic E-state index is 10.8. The lowest BCUT2D eigenvalue weighted by Gasteiger charge is -2.57. The number of halogens is 1. The average molecular weight is 429 g/mol. The van der Waals surface area contributed by atoms with Crippen LogP contribution < -0.4 is 0 Å². The van der Waals surface area contributed by atoms with E-state index >= 15 is 0 Å². The monoisotopic (exact) mass is 428 g/mol. The first-order valence-electron chi connectivity index (χ1n) is 11.7. The molecular formula is C24H33ClN4O. The fourth-order valence-electron chi connectivity index (χ4n) is 8.30. The highest BCUT2D eigenvalue weighted by Crippen LogP contribution is 2.65. The van der Waals surface area contributed by atoms with Crippen LogP contribution in [0.3, 0.4) is 0 Å². The molecule has 8 atom stereocenters. The zero-order chi connectivity index (χ0) is 20.9. The van der Waals surface area contributed by atoms with Gasteiger partial charge in [0.2, 0.25) is 0 Å². The third kappa shape index (κ3) is 3.31. The summed E-state index contributed by atoms with van der Waals surface area (Å²) in [6.07, 6.45) is 11.9. The van der Waals surface area contributed by atoms with Crippen molar-refractivity contribution in [3.63, 3.8) is 0 Å². The van der Waals surface area contributed by atoms with Crippen molar-refractivity contribution in [2.75, 3.05) is 0 Å². The second kappa shape index (κ2) is 7.64. The van der Waals surface area contributed by atoms with Gasteiger partial charge in [0.1, 0.15) is 5.60 Å². The molecule has 1 N–H and O–H groups in total. The van der Waals surface area contributed by atoms with Crippen LogP contribution in [0.15, 0.2) is 18.5 Å². The van der Waals surface area contributed by atoms with E-state index in [2.05, 4.69) is 40.2 Å². The molecule has 0 bridgehead atoms. The number of nitrogens with zero attached hydrogens (tertiary/aromatic N) is 4. The zero-order valence-corrected chi connectivity index (χ0v) is 18.7. The van der Waals surface area contributed by atoms with Gasteiger partial charge in [-0.3, -0.25) is 0 Å². The van der Waals surface area contributed by atoms with Crippen LogP contribution in [0.1, 0.15) is 64.7 Å². The zero-order valence-electron chi connectivity index (χ0n) is 17.9. The molecule has 4 fully saturated rings. The summed E-state index contributed by atoms with van der Waals surface area (Å²) < 4.78 is 0. The van der Waals surface area contributed by atoms with Crippen molar-refractivity contribution in [2.45, 2.75) is 76.9 Å². The predicted molar refractivity (Wildman–Crippen MR) is 116 cm³/mol. The predicted octanol–water partition coefficient (Wildman–Crippen LogP) is 4.43. The molecule has 5 nitrogen and oxygen atoms in total. The molecule has 0 spiro atoms. The number of aromatic nitrogens is 4. The maximum atomic E-state index is 10.8. The molecule has 0 unspecified atom stereocenters. The van der Waals surface area contributed by atoms with Crippen molar-refractivity contribution < 1.29 is 5.11 Å². The van der Waals surface area contributed by atoms with Gasteiger partial charge in [0.05, 0.1) is 6.54 Å². The summed E-state index contributed by atoms with van der Waals surface area (Å²) in [5, 5.41) is 25.3. The Kier molecular flexibility index (Phi) is 5.22. The first-order valence-corrected chi connectivity index (χ1v) is 12.0. The normalized spacial score (nSPS) is 44.9. The van der Waals surface area contributed by atoms with Crippen LogP contribution in [-0.2, 0) is 6.54 Å². The molecular weight excluding hydrogens is 396 g/mol. The number of rotatable bonds is 3. The summed E-state index contributed by atoms with van der Waals surface area (Å²) in [4.78, 5) is 1.67. The highest BCUT2D eigenvalue weighted by molar-refractivity contribution is 6.30. The summed E-state index contributed by atoms with van der Waals surface area (Å²) >= 11 is 5.63. The van der Waals surface area contributed by atoms with Gasteiger partial charge >= 0.3 is 0 Å². The number of fused-ring (bicyclic) bond motifs is 5. The molecule has 0 saturated heterocycles. The van der Waals surface area contributed by atoms with Crippen LogP contribution in [0.5, 0.6) is 0 Å². The molecule has 162 valence electrons. The topological polar surface area (TPSA) is 63.8 Å². The van der Waals surface area contributed by atoms with Gasteiger partial charge in [-0.1, -0.05) is 25.0 Å². The Bertz CT molecular complexity index is 860. The molecule has 4 saturated carbocycles. The molecule has 30 heavy (non-hydrogen) atoms. The molecule has 0 aromatic carbocycles. The van der Waals surface area contributed by atoms with Crippen molar-refractivity contribution in [3.8, 4) is 11.3 Å². The van der Waals surface area contributed by atoms with Gasteiger partial charge in [-0.2, -0.15) is 4.80 Å². The molecule has 0 radical (unpaired) electrons. The smallest absolute Gasteiger partial charge is 0.162 e. The average Bonchev–Trinajstić information content (AvgIpc) is 3.34. The van der Waals surface area contributed by atoms with E-state index in [4.69, 9.17) is 11.6 Å². The lowest BCUT2D eigenvalue weighted by Crippen LogP contribution is -2.50. The minimum absolute atomic E-state index is 0.352. The number of hydrogen-bond acceptors (Lipinski definition) is 4. The first-order chi connectivity index (χ1) is 14.4. The second-order valence-electron chi connectivity index (χ2n) is 10.7. The standard InChI is InChI=1S/C24H33ClN4O/c1-16(14-29-27-15-26-28-29)21-5-6-22-20-4-3-17-13-24(30,11-12-25)10-8-18(17)19(20)7-9-23(21,22)2/h15,17-22,30H,1,3-10,13-14H2,2H3/t17-,18-,19+,20+,21+,22-,23+,24+/m0/s1. The van der Waals surface area contributed by atoms with Crippen molar-refractivity contribution >= 4 is 11.6 Å². The Morgan fingerprint density at radius 3 is 2.77 bits per heavy atom. The SMILES string of the molecule is C=C(Cn1ncnn1)[C@H]1CC[C@H]2[C@@H]3CC[C@H]4C[C@](O)(C#CCl)CC[C@@H]4[C@H]3CC[C@]12C. The Morgan fingerprint density at radius 2 is 2.00 bits per heavy atom. The first kappa shape index (κ1) is 20.5. The largest absolute Gasteiger partial charge is 0.378 e. The van der Waals surface area contributed by atoms with Gasteiger partial charge in [-0.25, -0.2) is 0 Å². The summed E-state index contributed by atoms with van der Waals surface area (Å²) in [6.45, 7) is 7.69. The molecule has 6 heteroatoms. The summed E-state index contributed by atoms with van der Waals surface area (Å²) in [5.74, 6) is 7.26. The van der Waals surface area contributed by atoms with E-state index in [1.165, 1.54) is 50.4 Å². The summed E-state index contributed by atoms with van der Waals surface area (Å²) in [5.41, 5.74) is 0.767. The molecule has 0 aliphatic heterocycles. The Morgan fingerprint density at radius 1 is 1.17 bits per heavy atom. The highest BCUT2D eigenvalue weighted by Gasteiger charge is 2.58. The lowest BCUT2D eigenvalue weighted by molar-refractivity contribution is -0.0874.